The van der Waals surface area contributed by atoms with Crippen molar-refractivity contribution in [2.45, 2.75) is 70.6 Å². The number of aliphatic hydroxyl groups excluding tert-OH is 1. The topological polar surface area (TPSA) is 118 Å². The number of hydrogen-bond acceptors (Lipinski definition) is 8. The van der Waals surface area contributed by atoms with E-state index in [2.05, 4.69) is 43.2 Å². The number of hydrogen-bond donors (Lipinski definition) is 2. The van der Waals surface area contributed by atoms with Gasteiger partial charge in [0.25, 0.3) is 5.91 Å². The van der Waals surface area contributed by atoms with E-state index in [4.69, 9.17) is 14.2 Å². The molecule has 2 saturated heterocycles. The van der Waals surface area contributed by atoms with Crippen LogP contribution in [0.5, 0.6) is 0 Å². The van der Waals surface area contributed by atoms with E-state index in [0.717, 1.165) is 32.7 Å². The summed E-state index contributed by atoms with van der Waals surface area (Å²) in [7, 11) is 2.10. The summed E-state index contributed by atoms with van der Waals surface area (Å²) >= 11 is 0. The van der Waals surface area contributed by atoms with Crippen LogP contribution >= 0.6 is 0 Å². The van der Waals surface area contributed by atoms with Crippen LogP contribution in [0.3, 0.4) is 0 Å². The minimum atomic E-state index is -0.978. The molecule has 0 bridgehead atoms. The molecule has 0 aliphatic carbocycles. The quantitative estimate of drug-likeness (QED) is 0.168. The smallest absolute Gasteiger partial charge is 0.408 e. The first kappa shape index (κ1) is 35.9. The standard InChI is InChI=1S/C41H45N3O7/c1-27-36(24-43(3)28(2)32-12-8-5-9-13-32)50-40(51-38(27)33-18-16-30(25-45)17-19-33)34-20-14-29(15-21-34)23-44-37(46)22-35(39(44)47)42-41(48)49-26-31-10-6-4-7-11-31/h4-21,27-28,35-36,38,40,45H,22-26H2,1-3H3,(H,42,48)/t27-,28+,35?,36+,38+,40+/m1/s1. The fourth-order valence-corrected chi connectivity index (χ4v) is 6.59. The number of aliphatic hydroxyl groups is 1. The van der Waals surface area contributed by atoms with E-state index in [1.165, 1.54) is 5.56 Å². The van der Waals surface area contributed by atoms with Gasteiger partial charge in [0.1, 0.15) is 12.6 Å². The molecule has 6 rings (SSSR count). The maximum atomic E-state index is 13.1. The van der Waals surface area contributed by atoms with E-state index in [1.807, 2.05) is 97.1 Å². The zero-order valence-electron chi connectivity index (χ0n) is 29.2. The summed E-state index contributed by atoms with van der Waals surface area (Å²) in [6, 6.07) is 34.1. The summed E-state index contributed by atoms with van der Waals surface area (Å²) in [5.74, 6) is -0.812. The van der Waals surface area contributed by atoms with Gasteiger partial charge in [-0.25, -0.2) is 4.79 Å². The van der Waals surface area contributed by atoms with Crippen LogP contribution in [0.1, 0.15) is 72.1 Å². The third kappa shape index (κ3) is 8.72. The monoisotopic (exact) mass is 691 g/mol. The maximum absolute atomic E-state index is 13.1. The highest BCUT2D eigenvalue weighted by molar-refractivity contribution is 6.06. The molecule has 3 amide bonds. The van der Waals surface area contributed by atoms with Crippen molar-refractivity contribution in [3.05, 3.63) is 143 Å². The number of nitrogens with one attached hydrogen (secondary N) is 1. The lowest BCUT2D eigenvalue weighted by molar-refractivity contribution is -0.276. The molecule has 10 heteroatoms. The molecule has 10 nitrogen and oxygen atoms in total. The third-order valence-electron chi connectivity index (χ3n) is 9.88. The second kappa shape index (κ2) is 16.4. The molecule has 2 aliphatic rings. The number of carbonyl (C=O) groups is 3. The number of imide groups is 1. The van der Waals surface area contributed by atoms with Gasteiger partial charge < -0.3 is 24.6 Å². The van der Waals surface area contributed by atoms with Crippen molar-refractivity contribution < 1.29 is 33.7 Å². The van der Waals surface area contributed by atoms with Gasteiger partial charge in [0.15, 0.2) is 6.29 Å². The Morgan fingerprint density at radius 1 is 0.882 bits per heavy atom. The lowest BCUT2D eigenvalue weighted by Gasteiger charge is -2.43. The fourth-order valence-electron chi connectivity index (χ4n) is 6.59. The summed E-state index contributed by atoms with van der Waals surface area (Å²) in [5, 5.41) is 12.1. The Bertz CT molecular complexity index is 1770. The second-order valence-electron chi connectivity index (χ2n) is 13.4. The number of nitrogens with zero attached hydrogens (tertiary/aromatic N) is 2. The van der Waals surface area contributed by atoms with Crippen LogP contribution in [0.4, 0.5) is 4.79 Å². The lowest BCUT2D eigenvalue weighted by Crippen LogP contribution is -2.44. The molecule has 4 aromatic carbocycles. The van der Waals surface area contributed by atoms with Gasteiger partial charge in [-0.1, -0.05) is 116 Å². The predicted molar refractivity (Wildman–Crippen MR) is 191 cm³/mol. The van der Waals surface area contributed by atoms with Crippen molar-refractivity contribution in [1.82, 2.24) is 15.1 Å². The van der Waals surface area contributed by atoms with E-state index >= 15 is 0 Å². The first-order chi connectivity index (χ1) is 24.7. The van der Waals surface area contributed by atoms with Crippen LogP contribution in [0.15, 0.2) is 109 Å². The lowest BCUT2D eigenvalue weighted by atomic mass is 9.89. The van der Waals surface area contributed by atoms with E-state index in [0.29, 0.717) is 6.54 Å². The highest BCUT2D eigenvalue weighted by Crippen LogP contribution is 2.42. The predicted octanol–water partition coefficient (Wildman–Crippen LogP) is 6.22. The number of carbonyl (C=O) groups excluding carboxylic acids is 3. The van der Waals surface area contributed by atoms with Gasteiger partial charge in [-0.3, -0.25) is 19.4 Å². The molecule has 2 heterocycles. The second-order valence-corrected chi connectivity index (χ2v) is 13.4. The molecule has 0 aromatic heterocycles. The van der Waals surface area contributed by atoms with Gasteiger partial charge in [0.05, 0.1) is 31.8 Å². The summed E-state index contributed by atoms with van der Waals surface area (Å²) in [6.07, 6.45) is -1.96. The Kier molecular flexibility index (Phi) is 11.6. The Morgan fingerprint density at radius 3 is 2.18 bits per heavy atom. The Morgan fingerprint density at radius 2 is 1.51 bits per heavy atom. The Balaban J connectivity index is 1.12. The highest BCUT2D eigenvalue weighted by Gasteiger charge is 2.41. The van der Waals surface area contributed by atoms with E-state index in [-0.39, 0.29) is 56.3 Å². The van der Waals surface area contributed by atoms with Crippen molar-refractivity contribution >= 4 is 17.9 Å². The van der Waals surface area contributed by atoms with Crippen LogP contribution in [-0.2, 0) is 43.6 Å². The largest absolute Gasteiger partial charge is 0.445 e. The summed E-state index contributed by atoms with van der Waals surface area (Å²) < 4.78 is 18.5. The zero-order chi connectivity index (χ0) is 35.9. The molecule has 2 fully saturated rings. The fraction of sp³-hybridized carbons (Fsp3) is 0.341. The van der Waals surface area contributed by atoms with Crippen LogP contribution in [0.2, 0.25) is 0 Å². The van der Waals surface area contributed by atoms with Gasteiger partial charge in [0.2, 0.25) is 5.91 Å². The highest BCUT2D eigenvalue weighted by atomic mass is 16.7. The average molecular weight is 692 g/mol. The molecule has 51 heavy (non-hydrogen) atoms. The third-order valence-corrected chi connectivity index (χ3v) is 9.88. The minimum absolute atomic E-state index is 0.0234. The molecule has 2 aliphatic heterocycles. The molecular formula is C41H45N3O7. The molecule has 0 spiro atoms. The van der Waals surface area contributed by atoms with Crippen molar-refractivity contribution in [1.29, 1.82) is 0 Å². The van der Waals surface area contributed by atoms with Gasteiger partial charge in [-0.2, -0.15) is 0 Å². The maximum Gasteiger partial charge on any atom is 0.408 e. The van der Waals surface area contributed by atoms with Crippen molar-refractivity contribution in [3.63, 3.8) is 0 Å². The van der Waals surface area contributed by atoms with E-state index in [1.54, 1.807) is 0 Å². The number of benzene rings is 4. The van der Waals surface area contributed by atoms with Crippen LogP contribution < -0.4 is 5.32 Å². The summed E-state index contributed by atoms with van der Waals surface area (Å²) in [4.78, 5) is 41.8. The minimum Gasteiger partial charge on any atom is -0.445 e. The number of rotatable bonds is 12. The van der Waals surface area contributed by atoms with Gasteiger partial charge in [-0.15, -0.1) is 0 Å². The molecule has 1 unspecified atom stereocenters. The number of amides is 3. The molecule has 0 radical (unpaired) electrons. The van der Waals surface area contributed by atoms with Crippen molar-refractivity contribution in [2.75, 3.05) is 13.6 Å². The average Bonchev–Trinajstić information content (AvgIpc) is 3.42. The van der Waals surface area contributed by atoms with E-state index in [9.17, 15) is 19.5 Å². The Labute approximate surface area is 298 Å². The molecule has 266 valence electrons. The zero-order valence-corrected chi connectivity index (χ0v) is 29.2. The van der Waals surface area contributed by atoms with Gasteiger partial charge in [0, 0.05) is 24.1 Å². The number of likely N-dealkylation sites (N-methyl/N-ethyl adjacent to an activating group) is 1. The summed E-state index contributed by atoms with van der Waals surface area (Å²) in [5.41, 5.74) is 5.44. The van der Waals surface area contributed by atoms with E-state index < -0.39 is 24.3 Å². The number of likely N-dealkylation sites (tertiary alicyclic amines) is 1. The molecular weight excluding hydrogens is 646 g/mol. The molecule has 4 aromatic rings. The molecule has 0 saturated carbocycles. The van der Waals surface area contributed by atoms with Crippen molar-refractivity contribution in [2.24, 2.45) is 5.92 Å². The van der Waals surface area contributed by atoms with Crippen LogP contribution in [-0.4, -0.2) is 58.6 Å². The molecule has 2 N–H and O–H groups in total. The SMILES string of the molecule is C[C@@H]1[C@H](CN(C)[C@@H](C)c2ccccc2)O[C@H](c2ccc(CN3C(=O)CC(NC(=O)OCc4ccccc4)C3=O)cc2)O[C@@H]1c1ccc(CO)cc1. The Hall–Kier alpha value is -4.87. The van der Waals surface area contributed by atoms with Gasteiger partial charge in [-0.05, 0) is 41.8 Å². The van der Waals surface area contributed by atoms with Crippen LogP contribution in [0, 0.1) is 5.92 Å². The number of alkyl carbamates (subject to hydrolysis) is 1. The first-order valence-electron chi connectivity index (χ1n) is 17.4. The van der Waals surface area contributed by atoms with Crippen molar-refractivity contribution in [3.8, 4) is 0 Å². The number of ether oxygens (including phenoxy) is 3. The molecule has 6 atom stereocenters. The van der Waals surface area contributed by atoms with Crippen LogP contribution in [0.25, 0.3) is 0 Å². The normalized spacial score (nSPS) is 22.6. The van der Waals surface area contributed by atoms with Gasteiger partial charge >= 0.3 is 6.09 Å². The first-order valence-corrected chi connectivity index (χ1v) is 17.4. The summed E-state index contributed by atoms with van der Waals surface area (Å²) in [6.45, 7) is 5.11.